The Kier molecular flexibility index (Phi) is 4.73. The van der Waals surface area contributed by atoms with E-state index >= 15 is 0 Å². The van der Waals surface area contributed by atoms with Crippen LogP contribution in [-0.2, 0) is 0 Å². The van der Waals surface area contributed by atoms with E-state index in [4.69, 9.17) is 0 Å². The van der Waals surface area contributed by atoms with Gasteiger partial charge < -0.3 is 5.11 Å². The Balaban J connectivity index is 2.70. The van der Waals surface area contributed by atoms with Gasteiger partial charge in [-0.15, -0.1) is 20.4 Å². The fourth-order valence-corrected chi connectivity index (χ4v) is 2.55. The van der Waals surface area contributed by atoms with Crippen LogP contribution in [0.3, 0.4) is 0 Å². The second-order valence-corrected chi connectivity index (χ2v) is 6.65. The smallest absolute Gasteiger partial charge is 0.334 e. The maximum atomic E-state index is 12.5. The summed E-state index contributed by atoms with van der Waals surface area (Å²) in [5.74, 6) is -0.503. The summed E-state index contributed by atoms with van der Waals surface area (Å²) in [6, 6.07) is -0.718. The second-order valence-electron chi connectivity index (χ2n) is 5.49. The molecule has 0 aromatic carbocycles. The van der Waals surface area contributed by atoms with Crippen LogP contribution in [0, 0.1) is 6.92 Å². The molecule has 9 nitrogen and oxygen atoms in total. The summed E-state index contributed by atoms with van der Waals surface area (Å²) in [6.45, 7) is 8.63. The fraction of sp³-hybridized carbons (Fsp3) is 0.538. The monoisotopic (exact) mass is 338 g/mol. The Morgan fingerprint density at radius 1 is 1.04 bits per heavy atom. The van der Waals surface area contributed by atoms with Gasteiger partial charge in [0.2, 0.25) is 11.6 Å². The zero-order valence-corrected chi connectivity index (χ0v) is 14.3. The van der Waals surface area contributed by atoms with E-state index < -0.39 is 17.1 Å². The summed E-state index contributed by atoms with van der Waals surface area (Å²) >= 11 is 1.20. The molecule has 0 atom stereocenters. The molecule has 0 aliphatic heterocycles. The number of aromatic hydroxyl groups is 1. The topological polar surface area (TPSA) is 115 Å². The summed E-state index contributed by atoms with van der Waals surface area (Å²) in [6.07, 6.45) is 0. The molecule has 2 heterocycles. The number of nitrogens with zero attached hydrogens (tertiary/aromatic N) is 6. The van der Waals surface area contributed by atoms with E-state index in [2.05, 4.69) is 20.4 Å². The number of aromatic nitrogens is 4. The van der Waals surface area contributed by atoms with Crippen molar-refractivity contribution >= 4 is 22.2 Å². The minimum absolute atomic E-state index is 0.264. The third kappa shape index (κ3) is 3.21. The van der Waals surface area contributed by atoms with Crippen molar-refractivity contribution < 1.29 is 5.11 Å². The van der Waals surface area contributed by atoms with Gasteiger partial charge in [-0.05, 0) is 34.6 Å². The molecule has 0 bridgehead atoms. The third-order valence-electron chi connectivity index (χ3n) is 3.06. The maximum absolute atomic E-state index is 12.5. The summed E-state index contributed by atoms with van der Waals surface area (Å²) in [5, 5.41) is 26.4. The first-order valence-corrected chi connectivity index (χ1v) is 7.87. The minimum atomic E-state index is -0.690. The lowest BCUT2D eigenvalue weighted by atomic mass is 10.3. The molecule has 0 radical (unpaired) electrons. The highest BCUT2D eigenvalue weighted by molar-refractivity contribution is 7.14. The summed E-state index contributed by atoms with van der Waals surface area (Å²) in [4.78, 5) is 24.9. The van der Waals surface area contributed by atoms with E-state index in [1.165, 1.54) is 11.3 Å². The van der Waals surface area contributed by atoms with Crippen molar-refractivity contribution in [2.24, 2.45) is 10.2 Å². The molecule has 0 saturated heterocycles. The first-order chi connectivity index (χ1) is 10.7. The van der Waals surface area contributed by atoms with Gasteiger partial charge in [0.15, 0.2) is 0 Å². The first kappa shape index (κ1) is 17.0. The van der Waals surface area contributed by atoms with Crippen LogP contribution in [-0.4, -0.2) is 24.4 Å². The van der Waals surface area contributed by atoms with Gasteiger partial charge in [-0.1, -0.05) is 11.3 Å². The molecule has 0 aliphatic carbocycles. The van der Waals surface area contributed by atoms with Gasteiger partial charge in [0.05, 0.1) is 0 Å². The molecular formula is C13H18N6O3S. The van der Waals surface area contributed by atoms with E-state index in [0.717, 1.165) is 9.13 Å². The SMILES string of the molecule is Cc1nnc(N=Nc2c(O)n(C(C)C)c(=O)n(C(C)C)c2=O)s1. The van der Waals surface area contributed by atoms with Crippen LogP contribution < -0.4 is 11.2 Å². The Bertz CT molecular complexity index is 862. The highest BCUT2D eigenvalue weighted by Gasteiger charge is 2.21. The average Bonchev–Trinajstić information content (AvgIpc) is 2.83. The van der Waals surface area contributed by atoms with E-state index in [-0.39, 0.29) is 22.9 Å². The summed E-state index contributed by atoms with van der Waals surface area (Å²) in [5.41, 5.74) is -1.56. The number of hydrogen-bond donors (Lipinski definition) is 1. The van der Waals surface area contributed by atoms with E-state index in [1.54, 1.807) is 34.6 Å². The Hall–Kier alpha value is -2.36. The summed E-state index contributed by atoms with van der Waals surface area (Å²) in [7, 11) is 0. The van der Waals surface area contributed by atoms with Crippen LogP contribution >= 0.6 is 11.3 Å². The number of rotatable bonds is 4. The lowest BCUT2D eigenvalue weighted by molar-refractivity contribution is 0.365. The predicted octanol–water partition coefficient (Wildman–Crippen LogP) is 2.45. The average molecular weight is 338 g/mol. The molecule has 124 valence electrons. The molecule has 0 unspecified atom stereocenters. The highest BCUT2D eigenvalue weighted by Crippen LogP contribution is 2.26. The van der Waals surface area contributed by atoms with E-state index in [9.17, 15) is 14.7 Å². The maximum Gasteiger partial charge on any atom is 0.334 e. The molecule has 0 fully saturated rings. The molecule has 0 spiro atoms. The Labute approximate surface area is 136 Å². The molecule has 2 rings (SSSR count). The van der Waals surface area contributed by atoms with E-state index in [0.29, 0.717) is 5.01 Å². The van der Waals surface area contributed by atoms with Crippen molar-refractivity contribution in [3.8, 4) is 5.88 Å². The molecule has 23 heavy (non-hydrogen) atoms. The quantitative estimate of drug-likeness (QED) is 0.860. The summed E-state index contributed by atoms with van der Waals surface area (Å²) < 4.78 is 2.15. The molecule has 1 N–H and O–H groups in total. The molecule has 0 aliphatic rings. The molecule has 0 saturated carbocycles. The second kappa shape index (κ2) is 6.41. The van der Waals surface area contributed by atoms with Gasteiger partial charge in [0, 0.05) is 12.1 Å². The number of aryl methyl sites for hydroxylation is 1. The van der Waals surface area contributed by atoms with Crippen molar-refractivity contribution in [2.45, 2.75) is 46.7 Å². The zero-order chi connectivity index (χ0) is 17.3. The van der Waals surface area contributed by atoms with Gasteiger partial charge in [0.25, 0.3) is 10.7 Å². The van der Waals surface area contributed by atoms with Crippen LogP contribution in [0.1, 0.15) is 44.8 Å². The van der Waals surface area contributed by atoms with Gasteiger partial charge in [-0.25, -0.2) is 4.79 Å². The van der Waals surface area contributed by atoms with Crippen molar-refractivity contribution in [1.29, 1.82) is 0 Å². The zero-order valence-electron chi connectivity index (χ0n) is 13.5. The van der Waals surface area contributed by atoms with Crippen LogP contribution in [0.15, 0.2) is 19.8 Å². The Morgan fingerprint density at radius 2 is 1.65 bits per heavy atom. The van der Waals surface area contributed by atoms with Crippen molar-refractivity contribution in [2.75, 3.05) is 0 Å². The molecular weight excluding hydrogens is 320 g/mol. The van der Waals surface area contributed by atoms with Crippen LogP contribution in [0.2, 0.25) is 0 Å². The molecule has 2 aromatic rings. The van der Waals surface area contributed by atoms with Gasteiger partial charge in [0.1, 0.15) is 5.01 Å². The molecule has 10 heteroatoms. The normalized spacial score (nSPS) is 12.0. The lowest BCUT2D eigenvalue weighted by Crippen LogP contribution is -2.41. The van der Waals surface area contributed by atoms with Gasteiger partial charge >= 0.3 is 5.69 Å². The fourth-order valence-electron chi connectivity index (χ4n) is 2.05. The van der Waals surface area contributed by atoms with Crippen molar-refractivity contribution in [3.05, 3.63) is 25.8 Å². The third-order valence-corrected chi connectivity index (χ3v) is 3.78. The van der Waals surface area contributed by atoms with Crippen LogP contribution in [0.4, 0.5) is 10.8 Å². The first-order valence-electron chi connectivity index (χ1n) is 7.05. The largest absolute Gasteiger partial charge is 0.493 e. The van der Waals surface area contributed by atoms with Crippen LogP contribution in [0.25, 0.3) is 0 Å². The van der Waals surface area contributed by atoms with Crippen molar-refractivity contribution in [1.82, 2.24) is 19.3 Å². The van der Waals surface area contributed by atoms with Gasteiger partial charge in [-0.2, -0.15) is 0 Å². The lowest BCUT2D eigenvalue weighted by Gasteiger charge is -2.17. The van der Waals surface area contributed by atoms with Crippen LogP contribution in [0.5, 0.6) is 5.88 Å². The molecule has 2 aromatic heterocycles. The minimum Gasteiger partial charge on any atom is -0.493 e. The highest BCUT2D eigenvalue weighted by atomic mass is 32.1. The number of hydrogen-bond acceptors (Lipinski definition) is 8. The Morgan fingerprint density at radius 3 is 2.13 bits per heavy atom. The predicted molar refractivity (Wildman–Crippen MR) is 86.2 cm³/mol. The number of azo groups is 1. The molecule has 0 amide bonds. The van der Waals surface area contributed by atoms with E-state index in [1.807, 2.05) is 0 Å². The van der Waals surface area contributed by atoms with Gasteiger partial charge in [-0.3, -0.25) is 13.9 Å². The standard InChI is InChI=1S/C13H18N6O3S/c1-6(2)18-10(20)9(11(21)19(7(3)4)13(18)22)15-17-12-16-14-8(5)23-12/h6-7,20H,1-5H3. The van der Waals surface area contributed by atoms with Crippen molar-refractivity contribution in [3.63, 3.8) is 0 Å².